The average molecular weight is 359 g/mol. The van der Waals surface area contributed by atoms with Gasteiger partial charge in [-0.05, 0) is 19.3 Å². The lowest BCUT2D eigenvalue weighted by Crippen LogP contribution is -2.36. The lowest BCUT2D eigenvalue weighted by atomic mass is 9.88. The summed E-state index contributed by atoms with van der Waals surface area (Å²) < 4.78 is 11.7. The molecule has 0 aromatic rings. The van der Waals surface area contributed by atoms with E-state index in [1.54, 1.807) is 0 Å². The number of hydrogen-bond acceptors (Lipinski definition) is 3. The van der Waals surface area contributed by atoms with Crippen molar-refractivity contribution in [2.45, 2.75) is 104 Å². The van der Waals surface area contributed by atoms with Crippen LogP contribution in [0.4, 0.5) is 0 Å². The largest absolute Gasteiger partial charge is 0.396 e. The van der Waals surface area contributed by atoms with E-state index < -0.39 is 0 Å². The van der Waals surface area contributed by atoms with Gasteiger partial charge in [0, 0.05) is 18.6 Å². The summed E-state index contributed by atoms with van der Waals surface area (Å²) in [5, 5.41) is 9.82. The third-order valence-electron chi connectivity index (χ3n) is 5.19. The zero-order valence-electron chi connectivity index (χ0n) is 17.5. The Kier molecular flexibility index (Phi) is 18.6. The fraction of sp³-hybridized carbons (Fsp3) is 1.00. The second-order valence-corrected chi connectivity index (χ2v) is 7.65. The first kappa shape index (κ1) is 24.9. The molecule has 0 amide bonds. The van der Waals surface area contributed by atoms with Crippen LogP contribution >= 0.6 is 0 Å². The monoisotopic (exact) mass is 358 g/mol. The van der Waals surface area contributed by atoms with Crippen molar-refractivity contribution in [1.29, 1.82) is 0 Å². The van der Waals surface area contributed by atoms with Crippen molar-refractivity contribution in [3.05, 3.63) is 0 Å². The quantitative estimate of drug-likeness (QED) is 0.266. The van der Waals surface area contributed by atoms with Gasteiger partial charge >= 0.3 is 0 Å². The fourth-order valence-electron chi connectivity index (χ4n) is 3.00. The Morgan fingerprint density at radius 3 is 1.36 bits per heavy atom. The number of ether oxygens (including phenoxy) is 2. The molecule has 1 N–H and O–H groups in total. The molecule has 0 aliphatic carbocycles. The number of unbranched alkanes of at least 4 members (excludes halogenated alkanes) is 10. The molecule has 152 valence electrons. The Morgan fingerprint density at radius 2 is 1.00 bits per heavy atom. The first-order valence-electron chi connectivity index (χ1n) is 11.0. The van der Waals surface area contributed by atoms with Crippen LogP contribution in [0.3, 0.4) is 0 Å². The highest BCUT2D eigenvalue weighted by molar-refractivity contribution is 4.76. The van der Waals surface area contributed by atoms with Crippen molar-refractivity contribution < 1.29 is 14.6 Å². The number of hydrogen-bond donors (Lipinski definition) is 1. The minimum atomic E-state index is -0.218. The van der Waals surface area contributed by atoms with Crippen molar-refractivity contribution in [3.8, 4) is 0 Å². The Labute approximate surface area is 157 Å². The molecular weight excluding hydrogens is 312 g/mol. The first-order chi connectivity index (χ1) is 12.2. The molecule has 0 spiro atoms. The van der Waals surface area contributed by atoms with E-state index in [1.165, 1.54) is 64.2 Å². The van der Waals surface area contributed by atoms with Crippen LogP contribution in [0.1, 0.15) is 104 Å². The van der Waals surface area contributed by atoms with E-state index in [9.17, 15) is 5.11 Å². The predicted octanol–water partition coefficient (Wildman–Crippen LogP) is 6.13. The highest BCUT2D eigenvalue weighted by Crippen LogP contribution is 2.23. The Balaban J connectivity index is 3.70. The van der Waals surface area contributed by atoms with E-state index in [4.69, 9.17) is 9.47 Å². The van der Waals surface area contributed by atoms with Crippen LogP contribution in [-0.4, -0.2) is 38.1 Å². The molecule has 0 saturated carbocycles. The second kappa shape index (κ2) is 18.7. The van der Waals surface area contributed by atoms with Crippen LogP contribution in [0.2, 0.25) is 0 Å². The topological polar surface area (TPSA) is 38.7 Å². The van der Waals surface area contributed by atoms with Crippen molar-refractivity contribution >= 4 is 0 Å². The molecule has 3 heteroatoms. The van der Waals surface area contributed by atoms with Crippen molar-refractivity contribution in [1.82, 2.24) is 0 Å². The van der Waals surface area contributed by atoms with Crippen molar-refractivity contribution in [2.75, 3.05) is 33.0 Å². The van der Waals surface area contributed by atoms with Gasteiger partial charge in [0.05, 0.1) is 19.8 Å². The predicted molar refractivity (Wildman–Crippen MR) is 108 cm³/mol. The van der Waals surface area contributed by atoms with Gasteiger partial charge in [-0.15, -0.1) is 0 Å². The summed E-state index contributed by atoms with van der Waals surface area (Å²) in [6, 6.07) is 0. The summed E-state index contributed by atoms with van der Waals surface area (Å²) >= 11 is 0. The summed E-state index contributed by atoms with van der Waals surface area (Å²) in [4.78, 5) is 0. The normalized spacial score (nSPS) is 12.0. The summed E-state index contributed by atoms with van der Waals surface area (Å²) in [5.41, 5.74) is -0.218. The van der Waals surface area contributed by atoms with Crippen LogP contribution in [0.25, 0.3) is 0 Å². The Bertz CT molecular complexity index is 230. The zero-order valence-corrected chi connectivity index (χ0v) is 17.5. The van der Waals surface area contributed by atoms with Crippen LogP contribution in [0.15, 0.2) is 0 Å². The third-order valence-corrected chi connectivity index (χ3v) is 5.19. The molecule has 0 aromatic heterocycles. The molecule has 3 nitrogen and oxygen atoms in total. The second-order valence-electron chi connectivity index (χ2n) is 7.65. The van der Waals surface area contributed by atoms with Gasteiger partial charge in [0.2, 0.25) is 0 Å². The molecule has 0 bridgehead atoms. The zero-order chi connectivity index (χ0) is 18.6. The van der Waals surface area contributed by atoms with E-state index in [2.05, 4.69) is 20.8 Å². The molecule has 0 radical (unpaired) electrons. The maximum absolute atomic E-state index is 9.82. The smallest absolute Gasteiger partial charge is 0.0566 e. The summed E-state index contributed by atoms with van der Waals surface area (Å²) in [6.45, 7) is 9.62. The Hall–Kier alpha value is -0.120. The molecule has 0 rings (SSSR count). The highest BCUT2D eigenvalue weighted by Gasteiger charge is 2.28. The highest BCUT2D eigenvalue weighted by atomic mass is 16.5. The van der Waals surface area contributed by atoms with Crippen molar-refractivity contribution in [2.24, 2.45) is 5.41 Å². The lowest BCUT2D eigenvalue weighted by molar-refractivity contribution is -0.0541. The molecular formula is C22H46O3. The molecule has 0 unspecified atom stereocenters. The van der Waals surface area contributed by atoms with E-state index in [1.807, 2.05) is 0 Å². The first-order valence-corrected chi connectivity index (χ1v) is 11.0. The molecule has 25 heavy (non-hydrogen) atoms. The fourth-order valence-corrected chi connectivity index (χ4v) is 3.00. The molecule has 0 aliphatic rings. The van der Waals surface area contributed by atoms with Gasteiger partial charge < -0.3 is 14.6 Å². The Morgan fingerprint density at radius 1 is 0.600 bits per heavy atom. The molecule has 0 fully saturated rings. The molecule has 0 aliphatic heterocycles. The van der Waals surface area contributed by atoms with E-state index in [-0.39, 0.29) is 12.0 Å². The molecule has 0 atom stereocenters. The minimum Gasteiger partial charge on any atom is -0.396 e. The van der Waals surface area contributed by atoms with Gasteiger partial charge in [-0.3, -0.25) is 0 Å². The van der Waals surface area contributed by atoms with Gasteiger partial charge in [0.1, 0.15) is 0 Å². The van der Waals surface area contributed by atoms with Gasteiger partial charge in [-0.25, -0.2) is 0 Å². The lowest BCUT2D eigenvalue weighted by Gasteiger charge is -2.30. The molecule has 0 saturated heterocycles. The summed E-state index contributed by atoms with van der Waals surface area (Å²) in [6.07, 6.45) is 16.3. The van der Waals surface area contributed by atoms with Crippen molar-refractivity contribution in [3.63, 3.8) is 0 Å². The van der Waals surface area contributed by atoms with Gasteiger partial charge in [-0.1, -0.05) is 85.0 Å². The minimum absolute atomic E-state index is 0.149. The number of rotatable bonds is 20. The van der Waals surface area contributed by atoms with Crippen LogP contribution in [0, 0.1) is 5.41 Å². The molecule has 0 aromatic carbocycles. The van der Waals surface area contributed by atoms with Crippen LogP contribution in [-0.2, 0) is 9.47 Å². The van der Waals surface area contributed by atoms with E-state index in [0.717, 1.165) is 32.5 Å². The van der Waals surface area contributed by atoms with Gasteiger partial charge in [0.25, 0.3) is 0 Å². The van der Waals surface area contributed by atoms with Gasteiger partial charge in [0.15, 0.2) is 0 Å². The van der Waals surface area contributed by atoms with Crippen LogP contribution < -0.4 is 0 Å². The standard InChI is InChI=1S/C22H46O3/c1-4-7-9-11-13-15-17-24-20-22(6-3,19-23)21-25-18-16-14-12-10-8-5-2/h23H,4-21H2,1-3H3. The average Bonchev–Trinajstić information content (AvgIpc) is 2.64. The van der Waals surface area contributed by atoms with Gasteiger partial charge in [-0.2, -0.15) is 0 Å². The van der Waals surface area contributed by atoms with Crippen LogP contribution in [0.5, 0.6) is 0 Å². The summed E-state index contributed by atoms with van der Waals surface area (Å²) in [7, 11) is 0. The SMILES string of the molecule is CCCCCCCCOCC(CC)(CO)COCCCCCCCC. The molecule has 0 heterocycles. The maximum atomic E-state index is 9.82. The number of aliphatic hydroxyl groups is 1. The summed E-state index contributed by atoms with van der Waals surface area (Å²) in [5.74, 6) is 0. The maximum Gasteiger partial charge on any atom is 0.0566 e. The van der Waals surface area contributed by atoms with E-state index >= 15 is 0 Å². The van der Waals surface area contributed by atoms with E-state index in [0.29, 0.717) is 13.2 Å². The number of aliphatic hydroxyl groups excluding tert-OH is 1. The third kappa shape index (κ3) is 14.7.